The Morgan fingerprint density at radius 2 is 1.83 bits per heavy atom. The van der Waals surface area contributed by atoms with Crippen LogP contribution in [0.1, 0.15) is 37.3 Å². The number of nitrogens with zero attached hydrogens (tertiary/aromatic N) is 2. The van der Waals surface area contributed by atoms with Crippen LogP contribution >= 0.6 is 11.8 Å². The van der Waals surface area contributed by atoms with E-state index < -0.39 is 0 Å². The van der Waals surface area contributed by atoms with Gasteiger partial charge in [-0.15, -0.1) is 11.8 Å². The summed E-state index contributed by atoms with van der Waals surface area (Å²) >= 11 is 2.09. The fraction of sp³-hybridized carbons (Fsp3) is 0.320. The van der Waals surface area contributed by atoms with Crippen molar-refractivity contribution in [1.82, 2.24) is 4.98 Å². The Morgan fingerprint density at radius 1 is 1.03 bits per heavy atom. The zero-order chi connectivity index (χ0) is 20.1. The first-order valence-corrected chi connectivity index (χ1v) is 11.3. The standard InChI is InChI=1S/C25H26N2OS/c1-15(2)23-17(4)27(25(29-23)18-9-6-5-7-10-18)21-14-20-19-11-8-12-26-24(19)28-22(20)13-16(21)3/h5-15,17,23,25H,1-4H3/t17-,23?,25?/m0/s1. The molecule has 1 aliphatic rings. The molecule has 5 rings (SSSR count). The van der Waals surface area contributed by atoms with Crippen molar-refractivity contribution in [1.29, 1.82) is 0 Å². The predicted octanol–water partition coefficient (Wildman–Crippen LogP) is 6.95. The number of aromatic nitrogens is 1. The Bertz CT molecular complexity index is 1170. The smallest absolute Gasteiger partial charge is 0.227 e. The second-order valence-electron chi connectivity index (χ2n) is 8.35. The molecule has 3 nitrogen and oxygen atoms in total. The molecule has 0 amide bonds. The van der Waals surface area contributed by atoms with Gasteiger partial charge in [0.05, 0.1) is 0 Å². The first-order valence-electron chi connectivity index (χ1n) is 10.3. The maximum atomic E-state index is 6.01. The minimum atomic E-state index is 0.311. The molecule has 1 saturated heterocycles. The summed E-state index contributed by atoms with van der Waals surface area (Å²) in [6.45, 7) is 9.24. The average molecular weight is 403 g/mol. The van der Waals surface area contributed by atoms with Gasteiger partial charge in [0.15, 0.2) is 0 Å². The quantitative estimate of drug-likeness (QED) is 0.371. The number of rotatable bonds is 3. The van der Waals surface area contributed by atoms with Crippen molar-refractivity contribution in [3.8, 4) is 0 Å². The first-order chi connectivity index (χ1) is 14.0. The Hall–Kier alpha value is -2.46. The third-order valence-corrected chi connectivity index (χ3v) is 8.05. The fourth-order valence-electron chi connectivity index (χ4n) is 4.64. The molecule has 148 valence electrons. The number of hydrogen-bond donors (Lipinski definition) is 0. The van der Waals surface area contributed by atoms with Crippen LogP contribution in [0.5, 0.6) is 0 Å². The van der Waals surface area contributed by atoms with Crippen molar-refractivity contribution in [2.24, 2.45) is 5.92 Å². The summed E-state index contributed by atoms with van der Waals surface area (Å²) in [7, 11) is 0. The highest BCUT2D eigenvalue weighted by Gasteiger charge is 2.42. The van der Waals surface area contributed by atoms with Crippen molar-refractivity contribution in [3.05, 3.63) is 71.9 Å². The third kappa shape index (κ3) is 3.01. The van der Waals surface area contributed by atoms with Gasteiger partial charge in [-0.1, -0.05) is 44.2 Å². The molecule has 1 fully saturated rings. The molecule has 3 atom stereocenters. The molecule has 4 heteroatoms. The lowest BCUT2D eigenvalue weighted by Gasteiger charge is -2.32. The van der Waals surface area contributed by atoms with Gasteiger partial charge >= 0.3 is 0 Å². The number of furan rings is 1. The van der Waals surface area contributed by atoms with Crippen LogP contribution in [0.3, 0.4) is 0 Å². The van der Waals surface area contributed by atoms with Gasteiger partial charge in [0.25, 0.3) is 0 Å². The molecule has 0 N–H and O–H groups in total. The predicted molar refractivity (Wildman–Crippen MR) is 124 cm³/mol. The van der Waals surface area contributed by atoms with E-state index in [0.717, 1.165) is 16.4 Å². The molecular weight excluding hydrogens is 376 g/mol. The minimum Gasteiger partial charge on any atom is -0.438 e. The second-order valence-corrected chi connectivity index (χ2v) is 9.61. The Morgan fingerprint density at radius 3 is 2.59 bits per heavy atom. The molecular formula is C25H26N2OS. The van der Waals surface area contributed by atoms with E-state index in [-0.39, 0.29) is 0 Å². The van der Waals surface area contributed by atoms with Crippen molar-refractivity contribution >= 4 is 39.5 Å². The van der Waals surface area contributed by atoms with Crippen LogP contribution in [-0.2, 0) is 0 Å². The summed E-state index contributed by atoms with van der Waals surface area (Å²) in [5.74, 6) is 0.620. The highest BCUT2D eigenvalue weighted by atomic mass is 32.2. The molecule has 3 heterocycles. The van der Waals surface area contributed by atoms with E-state index in [2.05, 4.69) is 97.9 Å². The van der Waals surface area contributed by atoms with E-state index >= 15 is 0 Å². The number of fused-ring (bicyclic) bond motifs is 3. The molecule has 4 aromatic rings. The number of aryl methyl sites for hydroxylation is 1. The SMILES string of the molecule is Cc1cc2oc3ncccc3c2cc1N1C(c2ccccc2)SC(C(C)C)[C@@H]1C. The second kappa shape index (κ2) is 7.10. The lowest BCUT2D eigenvalue weighted by molar-refractivity contribution is 0.527. The van der Waals surface area contributed by atoms with Crippen molar-refractivity contribution in [2.45, 2.75) is 44.4 Å². The number of anilines is 1. The Balaban J connectivity index is 1.69. The van der Waals surface area contributed by atoms with Crippen LogP contribution in [0.2, 0.25) is 0 Å². The van der Waals surface area contributed by atoms with E-state index in [1.807, 2.05) is 6.07 Å². The maximum absolute atomic E-state index is 6.01. The lowest BCUT2D eigenvalue weighted by Crippen LogP contribution is -2.35. The number of hydrogen-bond acceptors (Lipinski definition) is 4. The molecule has 29 heavy (non-hydrogen) atoms. The fourth-order valence-corrected chi connectivity index (χ4v) is 6.36. The van der Waals surface area contributed by atoms with E-state index in [9.17, 15) is 0 Å². The Labute approximate surface area is 176 Å². The van der Waals surface area contributed by atoms with Gasteiger partial charge in [-0.25, -0.2) is 4.98 Å². The average Bonchev–Trinajstić information content (AvgIpc) is 3.25. The molecule has 1 aliphatic heterocycles. The van der Waals surface area contributed by atoms with E-state index in [0.29, 0.717) is 28.3 Å². The molecule has 0 saturated carbocycles. The van der Waals surface area contributed by atoms with Crippen LogP contribution < -0.4 is 4.90 Å². The summed E-state index contributed by atoms with van der Waals surface area (Å²) < 4.78 is 6.01. The minimum absolute atomic E-state index is 0.311. The van der Waals surface area contributed by atoms with Gasteiger partial charge in [-0.3, -0.25) is 0 Å². The lowest BCUT2D eigenvalue weighted by atomic mass is 10.00. The van der Waals surface area contributed by atoms with Crippen molar-refractivity contribution < 1.29 is 4.42 Å². The third-order valence-electron chi connectivity index (χ3n) is 6.04. The molecule has 0 bridgehead atoms. The molecule has 2 unspecified atom stereocenters. The van der Waals surface area contributed by atoms with E-state index in [1.165, 1.54) is 16.8 Å². The highest BCUT2D eigenvalue weighted by Crippen LogP contribution is 2.51. The summed E-state index contributed by atoms with van der Waals surface area (Å²) in [6, 6.07) is 19.9. The molecule has 0 aliphatic carbocycles. The van der Waals surface area contributed by atoms with Gasteiger partial charge in [0.1, 0.15) is 11.0 Å². The molecule has 0 spiro atoms. The van der Waals surface area contributed by atoms with Gasteiger partial charge in [-0.2, -0.15) is 0 Å². The van der Waals surface area contributed by atoms with Crippen LogP contribution in [0, 0.1) is 12.8 Å². The molecule has 0 radical (unpaired) electrons. The molecule has 2 aromatic carbocycles. The highest BCUT2D eigenvalue weighted by molar-refractivity contribution is 8.00. The summed E-state index contributed by atoms with van der Waals surface area (Å²) in [4.78, 5) is 7.02. The monoisotopic (exact) mass is 402 g/mol. The summed E-state index contributed by atoms with van der Waals surface area (Å²) in [5.41, 5.74) is 5.53. The number of pyridine rings is 1. The number of benzene rings is 2. The van der Waals surface area contributed by atoms with E-state index in [1.54, 1.807) is 6.20 Å². The van der Waals surface area contributed by atoms with Crippen LogP contribution in [0.4, 0.5) is 5.69 Å². The van der Waals surface area contributed by atoms with Crippen molar-refractivity contribution in [3.63, 3.8) is 0 Å². The summed E-state index contributed by atoms with van der Waals surface area (Å²) in [6.07, 6.45) is 1.79. The van der Waals surface area contributed by atoms with Crippen LogP contribution in [0.25, 0.3) is 22.1 Å². The van der Waals surface area contributed by atoms with Gasteiger partial charge < -0.3 is 9.32 Å². The van der Waals surface area contributed by atoms with Gasteiger partial charge in [-0.05, 0) is 55.2 Å². The topological polar surface area (TPSA) is 29.3 Å². The largest absolute Gasteiger partial charge is 0.438 e. The zero-order valence-electron chi connectivity index (χ0n) is 17.3. The zero-order valence-corrected chi connectivity index (χ0v) is 18.1. The number of thioether (sulfide) groups is 1. The van der Waals surface area contributed by atoms with E-state index in [4.69, 9.17) is 4.42 Å². The van der Waals surface area contributed by atoms with Crippen molar-refractivity contribution in [2.75, 3.05) is 4.90 Å². The van der Waals surface area contributed by atoms with Gasteiger partial charge in [0.2, 0.25) is 5.71 Å². The van der Waals surface area contributed by atoms with Crippen LogP contribution in [0.15, 0.2) is 65.2 Å². The normalized spacial score (nSPS) is 22.2. The summed E-state index contributed by atoms with van der Waals surface area (Å²) in [5, 5.41) is 3.12. The maximum Gasteiger partial charge on any atom is 0.227 e. The Kier molecular flexibility index (Phi) is 4.54. The van der Waals surface area contributed by atoms with Crippen LogP contribution in [-0.4, -0.2) is 16.3 Å². The molecule has 2 aromatic heterocycles. The van der Waals surface area contributed by atoms with Gasteiger partial charge in [0, 0.05) is 33.9 Å². The first kappa shape index (κ1) is 18.6.